The highest BCUT2D eigenvalue weighted by Gasteiger charge is 2.02. The molecule has 13 heavy (non-hydrogen) atoms. The molecule has 0 aromatic heterocycles. The van der Waals surface area contributed by atoms with Gasteiger partial charge in [-0.25, -0.2) is 0 Å². The molecule has 1 rings (SSSR count). The van der Waals surface area contributed by atoms with Crippen LogP contribution in [0.1, 0.15) is 13.3 Å². The second kappa shape index (κ2) is 4.60. The lowest BCUT2D eigenvalue weighted by Gasteiger charge is -2.10. The number of para-hydroxylation sites is 1. The fraction of sp³-hybridized carbons (Fsp3) is 0.400. The van der Waals surface area contributed by atoms with Gasteiger partial charge in [0.2, 0.25) is 0 Å². The van der Waals surface area contributed by atoms with Crippen molar-refractivity contribution in [1.82, 2.24) is 0 Å². The van der Waals surface area contributed by atoms with E-state index in [-0.39, 0.29) is 0 Å². The Morgan fingerprint density at radius 1 is 1.46 bits per heavy atom. The zero-order valence-electron chi connectivity index (χ0n) is 8.13. The van der Waals surface area contributed by atoms with Gasteiger partial charge in [-0.05, 0) is 18.6 Å². The van der Waals surface area contributed by atoms with E-state index in [1.54, 1.807) is 7.11 Å². The Bertz CT molecular complexity index is 274. The fourth-order valence-electron chi connectivity index (χ4n) is 1.14. The first kappa shape index (κ1) is 9.71. The summed E-state index contributed by atoms with van der Waals surface area (Å²) in [4.78, 5) is 0. The highest BCUT2D eigenvalue weighted by molar-refractivity contribution is 5.72. The fourth-order valence-corrected chi connectivity index (χ4v) is 1.14. The van der Waals surface area contributed by atoms with Gasteiger partial charge in [0.25, 0.3) is 0 Å². The predicted octanol–water partition coefficient (Wildman–Crippen LogP) is 2.10. The third-order valence-electron chi connectivity index (χ3n) is 1.85. The third-order valence-corrected chi connectivity index (χ3v) is 1.85. The van der Waals surface area contributed by atoms with Crippen LogP contribution < -0.4 is 15.8 Å². The number of hydrogen-bond acceptors (Lipinski definition) is 3. The maximum atomic E-state index is 5.85. The van der Waals surface area contributed by atoms with Crippen molar-refractivity contribution in [2.24, 2.45) is 0 Å². The first-order valence-corrected chi connectivity index (χ1v) is 4.46. The molecule has 3 nitrogen and oxygen atoms in total. The van der Waals surface area contributed by atoms with Crippen molar-refractivity contribution in [3.63, 3.8) is 0 Å². The summed E-state index contributed by atoms with van der Waals surface area (Å²) in [5.74, 6) is 0.723. The van der Waals surface area contributed by atoms with E-state index in [4.69, 9.17) is 10.5 Å². The minimum Gasteiger partial charge on any atom is -0.495 e. The molecule has 3 N–H and O–H groups in total. The Hall–Kier alpha value is -1.38. The van der Waals surface area contributed by atoms with Crippen molar-refractivity contribution < 1.29 is 4.74 Å². The smallest absolute Gasteiger partial charge is 0.143 e. The molecular weight excluding hydrogens is 164 g/mol. The lowest BCUT2D eigenvalue weighted by atomic mass is 10.2. The molecule has 0 bridgehead atoms. The van der Waals surface area contributed by atoms with Crippen LogP contribution in [0.5, 0.6) is 5.75 Å². The lowest BCUT2D eigenvalue weighted by molar-refractivity contribution is 0.417. The van der Waals surface area contributed by atoms with Crippen LogP contribution in [-0.2, 0) is 0 Å². The van der Waals surface area contributed by atoms with Crippen molar-refractivity contribution in [1.29, 1.82) is 0 Å². The highest BCUT2D eigenvalue weighted by atomic mass is 16.5. The van der Waals surface area contributed by atoms with Crippen molar-refractivity contribution in [3.05, 3.63) is 18.2 Å². The zero-order valence-corrected chi connectivity index (χ0v) is 8.13. The zero-order chi connectivity index (χ0) is 9.68. The number of hydrogen-bond donors (Lipinski definition) is 2. The number of rotatable bonds is 4. The van der Waals surface area contributed by atoms with Crippen LogP contribution in [0.25, 0.3) is 0 Å². The van der Waals surface area contributed by atoms with Gasteiger partial charge in [0.15, 0.2) is 0 Å². The lowest BCUT2D eigenvalue weighted by Crippen LogP contribution is -2.03. The molecule has 0 aliphatic heterocycles. The Kier molecular flexibility index (Phi) is 3.43. The van der Waals surface area contributed by atoms with E-state index in [1.165, 1.54) is 0 Å². The minimum absolute atomic E-state index is 0.679. The minimum atomic E-state index is 0.679. The number of nitrogens with two attached hydrogens (primary N) is 1. The number of ether oxygens (including phenoxy) is 1. The molecule has 0 atom stereocenters. The van der Waals surface area contributed by atoms with E-state index < -0.39 is 0 Å². The second-order valence-corrected chi connectivity index (χ2v) is 2.85. The van der Waals surface area contributed by atoms with Gasteiger partial charge in [0.1, 0.15) is 5.75 Å². The molecule has 72 valence electrons. The highest BCUT2D eigenvalue weighted by Crippen LogP contribution is 2.28. The van der Waals surface area contributed by atoms with Crippen LogP contribution in [0, 0.1) is 0 Å². The summed E-state index contributed by atoms with van der Waals surface area (Å²) in [7, 11) is 1.62. The largest absolute Gasteiger partial charge is 0.495 e. The molecule has 0 aliphatic rings. The number of nitrogens with one attached hydrogen (secondary N) is 1. The Morgan fingerprint density at radius 2 is 2.23 bits per heavy atom. The molecule has 1 aromatic rings. The number of anilines is 2. The van der Waals surface area contributed by atoms with Crippen LogP contribution in [0.4, 0.5) is 11.4 Å². The van der Waals surface area contributed by atoms with Crippen molar-refractivity contribution in [2.75, 3.05) is 24.7 Å². The molecule has 0 heterocycles. The summed E-state index contributed by atoms with van der Waals surface area (Å²) in [6.45, 7) is 3.04. The van der Waals surface area contributed by atoms with Crippen molar-refractivity contribution >= 4 is 11.4 Å². The SMILES string of the molecule is CCCNc1cccc(OC)c1N. The van der Waals surface area contributed by atoms with Crippen LogP contribution >= 0.6 is 0 Å². The summed E-state index contributed by atoms with van der Waals surface area (Å²) in [5.41, 5.74) is 7.47. The summed E-state index contributed by atoms with van der Waals surface area (Å²) in [5, 5.41) is 3.23. The van der Waals surface area contributed by atoms with Crippen LogP contribution in [0.3, 0.4) is 0 Å². The van der Waals surface area contributed by atoms with E-state index >= 15 is 0 Å². The quantitative estimate of drug-likeness (QED) is 0.697. The first-order valence-electron chi connectivity index (χ1n) is 4.46. The van der Waals surface area contributed by atoms with Crippen LogP contribution in [0.2, 0.25) is 0 Å². The molecule has 0 saturated carbocycles. The van der Waals surface area contributed by atoms with Gasteiger partial charge in [-0.1, -0.05) is 13.0 Å². The third kappa shape index (κ3) is 2.28. The number of nitrogen functional groups attached to an aromatic ring is 1. The van der Waals surface area contributed by atoms with Gasteiger partial charge in [-0.3, -0.25) is 0 Å². The van der Waals surface area contributed by atoms with Crippen LogP contribution in [0.15, 0.2) is 18.2 Å². The maximum absolute atomic E-state index is 5.85. The Morgan fingerprint density at radius 3 is 2.85 bits per heavy atom. The molecule has 1 aromatic carbocycles. The van der Waals surface area contributed by atoms with E-state index in [0.29, 0.717) is 5.69 Å². The van der Waals surface area contributed by atoms with Gasteiger partial charge in [-0.15, -0.1) is 0 Å². The average Bonchev–Trinajstić information content (AvgIpc) is 2.16. The van der Waals surface area contributed by atoms with Gasteiger partial charge in [-0.2, -0.15) is 0 Å². The van der Waals surface area contributed by atoms with Crippen molar-refractivity contribution in [2.45, 2.75) is 13.3 Å². The number of benzene rings is 1. The molecule has 0 radical (unpaired) electrons. The van der Waals surface area contributed by atoms with E-state index in [1.807, 2.05) is 18.2 Å². The Labute approximate surface area is 78.9 Å². The van der Waals surface area contributed by atoms with E-state index in [2.05, 4.69) is 12.2 Å². The molecule has 0 fully saturated rings. The van der Waals surface area contributed by atoms with Gasteiger partial charge >= 0.3 is 0 Å². The topological polar surface area (TPSA) is 47.3 Å². The standard InChI is InChI=1S/C10H16N2O/c1-3-7-12-8-5-4-6-9(13-2)10(8)11/h4-6,12H,3,7,11H2,1-2H3. The predicted molar refractivity (Wildman–Crippen MR) is 56.2 cm³/mol. The molecule has 0 saturated heterocycles. The normalized spacial score (nSPS) is 9.69. The van der Waals surface area contributed by atoms with Gasteiger partial charge < -0.3 is 15.8 Å². The summed E-state index contributed by atoms with van der Waals surface area (Å²) in [6.07, 6.45) is 1.08. The van der Waals surface area contributed by atoms with Gasteiger partial charge in [0.05, 0.1) is 18.5 Å². The second-order valence-electron chi connectivity index (χ2n) is 2.85. The van der Waals surface area contributed by atoms with Crippen LogP contribution in [-0.4, -0.2) is 13.7 Å². The molecule has 0 amide bonds. The summed E-state index contributed by atoms with van der Waals surface area (Å²) < 4.78 is 5.10. The monoisotopic (exact) mass is 180 g/mol. The summed E-state index contributed by atoms with van der Waals surface area (Å²) >= 11 is 0. The average molecular weight is 180 g/mol. The summed E-state index contributed by atoms with van der Waals surface area (Å²) in [6, 6.07) is 5.73. The molecule has 0 unspecified atom stereocenters. The molecule has 0 spiro atoms. The number of methoxy groups -OCH3 is 1. The maximum Gasteiger partial charge on any atom is 0.143 e. The van der Waals surface area contributed by atoms with Gasteiger partial charge in [0, 0.05) is 6.54 Å². The van der Waals surface area contributed by atoms with E-state index in [0.717, 1.165) is 24.4 Å². The molecule has 3 heteroatoms. The molecule has 0 aliphatic carbocycles. The van der Waals surface area contributed by atoms with Crippen molar-refractivity contribution in [3.8, 4) is 5.75 Å². The Balaban J connectivity index is 2.81. The molecular formula is C10H16N2O. The van der Waals surface area contributed by atoms with E-state index in [9.17, 15) is 0 Å². The first-order chi connectivity index (χ1) is 6.29.